The van der Waals surface area contributed by atoms with Gasteiger partial charge >= 0.3 is 5.97 Å². The normalized spacial score (nSPS) is 13.6. The van der Waals surface area contributed by atoms with Gasteiger partial charge in [0.2, 0.25) is 17.7 Å². The van der Waals surface area contributed by atoms with Gasteiger partial charge in [-0.1, -0.05) is 13.3 Å². The quantitative estimate of drug-likeness (QED) is 0.0822. The Morgan fingerprint density at radius 2 is 1.56 bits per heavy atom. The molecule has 1 heterocycles. The fourth-order valence-electron chi connectivity index (χ4n) is 2.54. The van der Waals surface area contributed by atoms with Gasteiger partial charge in [0, 0.05) is 38.1 Å². The van der Waals surface area contributed by atoms with Crippen molar-refractivity contribution in [2.45, 2.75) is 50.8 Å². The van der Waals surface area contributed by atoms with Crippen molar-refractivity contribution in [3.05, 3.63) is 12.2 Å². The second-order valence-electron chi connectivity index (χ2n) is 6.99. The number of hydrogen-bond acceptors (Lipinski definition) is 8. The molecule has 0 saturated heterocycles. The highest BCUT2D eigenvalue weighted by Gasteiger charge is 2.22. The first kappa shape index (κ1) is 27.1. The van der Waals surface area contributed by atoms with Crippen molar-refractivity contribution in [1.29, 1.82) is 0 Å². The van der Waals surface area contributed by atoms with Crippen LogP contribution in [-0.2, 0) is 33.5 Å². The van der Waals surface area contributed by atoms with E-state index < -0.39 is 29.1 Å². The summed E-state index contributed by atoms with van der Waals surface area (Å²) in [6.07, 6.45) is 5.16. The molecule has 32 heavy (non-hydrogen) atoms. The van der Waals surface area contributed by atoms with Gasteiger partial charge in [-0.2, -0.15) is 0 Å². The van der Waals surface area contributed by atoms with E-state index in [-0.39, 0.29) is 50.9 Å². The smallest absolute Gasteiger partial charge is 0.339 e. The van der Waals surface area contributed by atoms with Gasteiger partial charge in [-0.3, -0.25) is 28.9 Å². The van der Waals surface area contributed by atoms with Crippen LogP contribution in [0.5, 0.6) is 0 Å². The third-order valence-electron chi connectivity index (χ3n) is 4.33. The molecule has 1 rings (SSSR count). The lowest BCUT2D eigenvalue weighted by Crippen LogP contribution is -2.43. The number of nitrogens with zero attached hydrogens (tertiary/aromatic N) is 1. The maximum Gasteiger partial charge on any atom is 0.339 e. The van der Waals surface area contributed by atoms with E-state index in [0.29, 0.717) is 12.8 Å². The zero-order chi connectivity index (χ0) is 23.9. The van der Waals surface area contributed by atoms with Gasteiger partial charge < -0.3 is 20.7 Å². The van der Waals surface area contributed by atoms with Crippen LogP contribution in [0.25, 0.3) is 0 Å². The maximum atomic E-state index is 11.8. The molecule has 0 aromatic rings. The topological polar surface area (TPSA) is 151 Å². The highest BCUT2D eigenvalue weighted by atomic mass is 32.1. The van der Waals surface area contributed by atoms with Crippen LogP contribution in [0.2, 0.25) is 0 Å². The van der Waals surface area contributed by atoms with Gasteiger partial charge in [0.1, 0.15) is 0 Å². The van der Waals surface area contributed by atoms with Crippen molar-refractivity contribution in [2.75, 3.05) is 26.2 Å². The van der Waals surface area contributed by atoms with Crippen LogP contribution in [0.4, 0.5) is 0 Å². The highest BCUT2D eigenvalue weighted by molar-refractivity contribution is 7.81. The fraction of sp³-hybridized carbons (Fsp3) is 0.600. The molecular formula is C20H30N4O7S. The molecule has 0 fully saturated rings. The van der Waals surface area contributed by atoms with Gasteiger partial charge in [-0.05, 0) is 19.3 Å². The van der Waals surface area contributed by atoms with Gasteiger partial charge in [0.25, 0.3) is 11.8 Å². The van der Waals surface area contributed by atoms with Crippen molar-refractivity contribution in [3.8, 4) is 0 Å². The number of carbonyl (C=O) groups excluding carboxylic acids is 6. The molecule has 1 aliphatic heterocycles. The summed E-state index contributed by atoms with van der Waals surface area (Å²) in [5.74, 6) is -2.64. The van der Waals surface area contributed by atoms with Crippen LogP contribution in [0.3, 0.4) is 0 Å². The first-order valence-corrected chi connectivity index (χ1v) is 11.0. The monoisotopic (exact) mass is 470 g/mol. The third kappa shape index (κ3) is 10.9. The predicted molar refractivity (Wildman–Crippen MR) is 117 cm³/mol. The number of amides is 5. The summed E-state index contributed by atoms with van der Waals surface area (Å²) in [5.41, 5.74) is 0. The summed E-state index contributed by atoms with van der Waals surface area (Å²) >= 11 is 3.96. The maximum absolute atomic E-state index is 11.8. The third-order valence-corrected chi connectivity index (χ3v) is 4.67. The van der Waals surface area contributed by atoms with Crippen LogP contribution < -0.4 is 16.0 Å². The Kier molecular flexibility index (Phi) is 12.7. The molecule has 0 aromatic carbocycles. The molecule has 0 bridgehead atoms. The van der Waals surface area contributed by atoms with Gasteiger partial charge in [0.05, 0.1) is 13.2 Å². The largest absolute Gasteiger partial charge is 0.464 e. The van der Waals surface area contributed by atoms with Crippen molar-refractivity contribution in [2.24, 2.45) is 0 Å². The SMILES string of the molecule is CCCCOC(=O)[C@H](S)NC(=O)CNC(=O)CCCCC(=O)NCCN1C(=O)C=CC1=O. The summed E-state index contributed by atoms with van der Waals surface area (Å²) < 4.78 is 4.93. The zero-order valence-electron chi connectivity index (χ0n) is 18.1. The van der Waals surface area contributed by atoms with Crippen LogP contribution in [0, 0.1) is 0 Å². The molecule has 1 atom stereocenters. The minimum absolute atomic E-state index is 0.102. The average Bonchev–Trinajstić information content (AvgIpc) is 3.07. The van der Waals surface area contributed by atoms with E-state index in [2.05, 4.69) is 28.6 Å². The Bertz CT molecular complexity index is 723. The number of esters is 1. The molecule has 0 spiro atoms. The lowest BCUT2D eigenvalue weighted by molar-refractivity contribution is -0.145. The Hall–Kier alpha value is -2.89. The number of hydrogen-bond donors (Lipinski definition) is 4. The second-order valence-corrected chi connectivity index (χ2v) is 7.50. The van der Waals surface area contributed by atoms with E-state index in [1.807, 2.05) is 6.92 Å². The first-order chi connectivity index (χ1) is 15.2. The molecule has 1 aliphatic rings. The summed E-state index contributed by atoms with van der Waals surface area (Å²) in [4.78, 5) is 70.7. The molecule has 12 heteroatoms. The number of rotatable bonds is 15. The van der Waals surface area contributed by atoms with Crippen LogP contribution in [0.1, 0.15) is 45.4 Å². The minimum atomic E-state index is -1.10. The van der Waals surface area contributed by atoms with Crippen LogP contribution in [-0.4, -0.2) is 72.0 Å². The molecule has 5 amide bonds. The fourth-order valence-corrected chi connectivity index (χ4v) is 2.76. The van der Waals surface area contributed by atoms with Crippen molar-refractivity contribution < 1.29 is 33.5 Å². The van der Waals surface area contributed by atoms with E-state index in [1.165, 1.54) is 12.2 Å². The van der Waals surface area contributed by atoms with Gasteiger partial charge in [-0.25, -0.2) is 4.79 Å². The second kappa shape index (κ2) is 15.0. The molecule has 0 aromatic heterocycles. The number of thiol groups is 1. The van der Waals surface area contributed by atoms with Crippen molar-refractivity contribution in [1.82, 2.24) is 20.9 Å². The standard InChI is InChI=1S/C20H30N4O7S/c1-2-3-12-31-20(30)19(32)23-16(27)13-22-15(26)7-5-4-6-14(25)21-10-11-24-17(28)8-9-18(24)29/h8-9,19,32H,2-7,10-13H2,1H3,(H,21,25)(H,22,26)(H,23,27)/t19-/m0/s1. The van der Waals surface area contributed by atoms with E-state index in [4.69, 9.17) is 4.74 Å². The Balaban J connectivity index is 2.07. The van der Waals surface area contributed by atoms with Crippen LogP contribution >= 0.6 is 12.6 Å². The number of unbranched alkanes of at least 4 members (excludes halogenated alkanes) is 2. The molecule has 0 saturated carbocycles. The molecule has 3 N–H and O–H groups in total. The molecular weight excluding hydrogens is 440 g/mol. The summed E-state index contributed by atoms with van der Waals surface area (Å²) in [6, 6.07) is 0. The van der Waals surface area contributed by atoms with Gasteiger partial charge in [0.15, 0.2) is 5.37 Å². The Labute approximate surface area is 192 Å². The molecule has 11 nitrogen and oxygen atoms in total. The van der Waals surface area contributed by atoms with E-state index in [0.717, 1.165) is 17.7 Å². The predicted octanol–water partition coefficient (Wildman–Crippen LogP) is -0.580. The molecule has 0 radical (unpaired) electrons. The Morgan fingerprint density at radius 1 is 0.969 bits per heavy atom. The van der Waals surface area contributed by atoms with Gasteiger partial charge in [-0.15, -0.1) is 12.6 Å². The van der Waals surface area contributed by atoms with E-state index >= 15 is 0 Å². The summed E-state index contributed by atoms with van der Waals surface area (Å²) in [5, 5.41) is 6.26. The number of imide groups is 1. The first-order valence-electron chi connectivity index (χ1n) is 10.5. The van der Waals surface area contributed by atoms with Crippen molar-refractivity contribution in [3.63, 3.8) is 0 Å². The lowest BCUT2D eigenvalue weighted by atomic mass is 10.2. The lowest BCUT2D eigenvalue weighted by Gasteiger charge is -2.14. The Morgan fingerprint density at radius 3 is 2.16 bits per heavy atom. The van der Waals surface area contributed by atoms with E-state index in [1.54, 1.807) is 0 Å². The van der Waals surface area contributed by atoms with E-state index in [9.17, 15) is 28.8 Å². The summed E-state index contributed by atoms with van der Waals surface area (Å²) in [6.45, 7) is 2.16. The highest BCUT2D eigenvalue weighted by Crippen LogP contribution is 2.03. The molecule has 0 aliphatic carbocycles. The molecule has 178 valence electrons. The number of nitrogens with one attached hydrogen (secondary N) is 3. The van der Waals surface area contributed by atoms with Crippen LogP contribution in [0.15, 0.2) is 12.2 Å². The van der Waals surface area contributed by atoms with Crippen molar-refractivity contribution >= 4 is 48.1 Å². The summed E-state index contributed by atoms with van der Waals surface area (Å²) in [7, 11) is 0. The average molecular weight is 471 g/mol. The number of ether oxygens (including phenoxy) is 1. The minimum Gasteiger partial charge on any atom is -0.464 e. The molecule has 0 unspecified atom stereocenters. The zero-order valence-corrected chi connectivity index (χ0v) is 18.9. The number of carbonyl (C=O) groups is 6.